The van der Waals surface area contributed by atoms with Crippen molar-refractivity contribution in [3.05, 3.63) is 78.3 Å². The van der Waals surface area contributed by atoms with Crippen LogP contribution in [0.25, 0.3) is 0 Å². The molecule has 1 saturated heterocycles. The summed E-state index contributed by atoms with van der Waals surface area (Å²) in [6, 6.07) is 20.0. The number of furan rings is 1. The number of rotatable bonds is 5. The Morgan fingerprint density at radius 2 is 1.83 bits per heavy atom. The number of anilines is 1. The number of benzene rings is 2. The van der Waals surface area contributed by atoms with Crippen molar-refractivity contribution < 1.29 is 13.9 Å². The third-order valence-corrected chi connectivity index (χ3v) is 4.92. The van der Waals surface area contributed by atoms with Crippen LogP contribution in [-0.4, -0.2) is 42.0 Å². The molecule has 152 valence electrons. The van der Waals surface area contributed by atoms with Crippen LogP contribution in [0.15, 0.2) is 71.3 Å². The fourth-order valence-electron chi connectivity index (χ4n) is 3.31. The van der Waals surface area contributed by atoms with E-state index >= 15 is 0 Å². The minimum Gasteiger partial charge on any atom is -0.468 e. The number of hydrogen-bond acceptors (Lipinski definition) is 5. The van der Waals surface area contributed by atoms with E-state index in [1.165, 1.54) is 0 Å². The third kappa shape index (κ3) is 4.99. The van der Waals surface area contributed by atoms with Crippen molar-refractivity contribution in [2.75, 3.05) is 31.5 Å². The average Bonchev–Trinajstić information content (AvgIpc) is 3.29. The molecule has 2 amide bonds. The van der Waals surface area contributed by atoms with Gasteiger partial charge in [-0.05, 0) is 54.6 Å². The topological polar surface area (TPSA) is 81.7 Å². The number of ether oxygens (including phenoxy) is 1. The second kappa shape index (κ2) is 9.16. The third-order valence-electron chi connectivity index (χ3n) is 4.92. The Balaban J connectivity index is 1.27. The number of carbonyl (C=O) groups is 1. The maximum atomic E-state index is 12.6. The Labute approximate surface area is 175 Å². The molecule has 3 aromatic rings. The summed E-state index contributed by atoms with van der Waals surface area (Å²) in [6.07, 6.45) is 1.68. The molecule has 30 heavy (non-hydrogen) atoms. The van der Waals surface area contributed by atoms with Crippen molar-refractivity contribution in [1.29, 1.82) is 5.26 Å². The zero-order valence-corrected chi connectivity index (χ0v) is 16.5. The van der Waals surface area contributed by atoms with Gasteiger partial charge in [0, 0.05) is 31.9 Å². The van der Waals surface area contributed by atoms with Crippen LogP contribution in [0, 0.1) is 11.3 Å². The van der Waals surface area contributed by atoms with Gasteiger partial charge in [0.25, 0.3) is 0 Å². The van der Waals surface area contributed by atoms with Crippen LogP contribution in [0.5, 0.6) is 11.5 Å². The van der Waals surface area contributed by atoms with Gasteiger partial charge in [-0.3, -0.25) is 4.90 Å². The summed E-state index contributed by atoms with van der Waals surface area (Å²) in [5.74, 6) is 2.17. The molecule has 0 saturated carbocycles. The zero-order valence-electron chi connectivity index (χ0n) is 16.5. The van der Waals surface area contributed by atoms with Crippen molar-refractivity contribution in [1.82, 2.24) is 9.80 Å². The summed E-state index contributed by atoms with van der Waals surface area (Å²) in [7, 11) is 0. The van der Waals surface area contributed by atoms with Gasteiger partial charge in [0.05, 0.1) is 24.4 Å². The highest BCUT2D eigenvalue weighted by molar-refractivity contribution is 5.89. The van der Waals surface area contributed by atoms with E-state index in [0.29, 0.717) is 35.8 Å². The first-order valence-electron chi connectivity index (χ1n) is 9.78. The Kier molecular flexibility index (Phi) is 5.97. The van der Waals surface area contributed by atoms with Crippen molar-refractivity contribution in [3.8, 4) is 17.6 Å². The van der Waals surface area contributed by atoms with Gasteiger partial charge in [-0.15, -0.1) is 0 Å². The van der Waals surface area contributed by atoms with Gasteiger partial charge in [0.15, 0.2) is 0 Å². The molecule has 0 bridgehead atoms. The molecule has 1 N–H and O–H groups in total. The molecule has 1 aromatic heterocycles. The number of urea groups is 1. The van der Waals surface area contributed by atoms with Crippen LogP contribution in [0.2, 0.25) is 0 Å². The van der Waals surface area contributed by atoms with E-state index < -0.39 is 0 Å². The lowest BCUT2D eigenvalue weighted by molar-refractivity contribution is 0.137. The minimum atomic E-state index is -0.108. The summed E-state index contributed by atoms with van der Waals surface area (Å²) >= 11 is 0. The number of nitrogens with one attached hydrogen (secondary N) is 1. The van der Waals surface area contributed by atoms with E-state index in [1.807, 2.05) is 17.0 Å². The highest BCUT2D eigenvalue weighted by Crippen LogP contribution is 2.24. The maximum Gasteiger partial charge on any atom is 0.321 e. The predicted octanol–water partition coefficient (Wildman–Crippen LogP) is 4.29. The summed E-state index contributed by atoms with van der Waals surface area (Å²) in [6.45, 7) is 3.72. The molecule has 0 aliphatic carbocycles. The number of amides is 2. The van der Waals surface area contributed by atoms with Crippen LogP contribution in [0.4, 0.5) is 10.5 Å². The second-order valence-electron chi connectivity index (χ2n) is 7.04. The van der Waals surface area contributed by atoms with Gasteiger partial charge in [-0.25, -0.2) is 4.79 Å². The Bertz CT molecular complexity index is 1020. The van der Waals surface area contributed by atoms with Gasteiger partial charge >= 0.3 is 6.03 Å². The first kappa shape index (κ1) is 19.6. The first-order valence-corrected chi connectivity index (χ1v) is 9.78. The SMILES string of the molecule is N#Cc1cccc(Oc2ccc(NC(=O)N3CCN(Cc4ccco4)CC3)cc2)c1. The molecule has 2 aromatic carbocycles. The van der Waals surface area contributed by atoms with E-state index in [2.05, 4.69) is 16.3 Å². The van der Waals surface area contributed by atoms with E-state index in [9.17, 15) is 4.79 Å². The van der Waals surface area contributed by atoms with E-state index in [-0.39, 0.29) is 6.03 Å². The van der Waals surface area contributed by atoms with Gasteiger partial charge in [-0.2, -0.15) is 5.26 Å². The molecule has 0 atom stereocenters. The van der Waals surface area contributed by atoms with Gasteiger partial charge in [-0.1, -0.05) is 6.07 Å². The van der Waals surface area contributed by atoms with Gasteiger partial charge in [0.2, 0.25) is 0 Å². The minimum absolute atomic E-state index is 0.108. The first-order chi connectivity index (χ1) is 14.7. The number of hydrogen-bond donors (Lipinski definition) is 1. The summed E-state index contributed by atoms with van der Waals surface area (Å²) in [5.41, 5.74) is 1.25. The quantitative estimate of drug-likeness (QED) is 0.688. The maximum absolute atomic E-state index is 12.6. The standard InChI is InChI=1S/C23H22N4O3/c24-16-18-3-1-4-21(15-18)30-20-8-6-19(7-9-20)25-23(28)27-12-10-26(11-13-27)17-22-5-2-14-29-22/h1-9,14-15H,10-13,17H2,(H,25,28). The van der Waals surface area contributed by atoms with Crippen LogP contribution in [0.1, 0.15) is 11.3 Å². The van der Waals surface area contributed by atoms with Crippen molar-refractivity contribution >= 4 is 11.7 Å². The fourth-order valence-corrected chi connectivity index (χ4v) is 3.31. The predicted molar refractivity (Wildman–Crippen MR) is 112 cm³/mol. The molecule has 2 heterocycles. The summed E-state index contributed by atoms with van der Waals surface area (Å²) < 4.78 is 11.2. The van der Waals surface area contributed by atoms with Gasteiger partial charge in [0.1, 0.15) is 17.3 Å². The molecule has 7 nitrogen and oxygen atoms in total. The number of carbonyl (C=O) groups excluding carboxylic acids is 1. The monoisotopic (exact) mass is 402 g/mol. The van der Waals surface area contributed by atoms with Gasteiger partial charge < -0.3 is 19.4 Å². The molecular formula is C23H22N4O3. The van der Waals surface area contributed by atoms with E-state index in [4.69, 9.17) is 14.4 Å². The molecule has 1 fully saturated rings. The van der Waals surface area contributed by atoms with Crippen molar-refractivity contribution in [3.63, 3.8) is 0 Å². The zero-order chi connectivity index (χ0) is 20.8. The lowest BCUT2D eigenvalue weighted by Crippen LogP contribution is -2.49. The largest absolute Gasteiger partial charge is 0.468 e. The lowest BCUT2D eigenvalue weighted by Gasteiger charge is -2.34. The normalized spacial score (nSPS) is 14.2. The Morgan fingerprint density at radius 3 is 2.53 bits per heavy atom. The number of piperazine rings is 1. The number of nitriles is 1. The Morgan fingerprint density at radius 1 is 1.03 bits per heavy atom. The molecule has 0 unspecified atom stereocenters. The average molecular weight is 402 g/mol. The van der Waals surface area contributed by atoms with Crippen LogP contribution in [0.3, 0.4) is 0 Å². The molecular weight excluding hydrogens is 380 g/mol. The summed E-state index contributed by atoms with van der Waals surface area (Å²) in [4.78, 5) is 16.6. The van der Waals surface area contributed by atoms with Crippen LogP contribution < -0.4 is 10.1 Å². The Hall–Kier alpha value is -3.76. The smallest absolute Gasteiger partial charge is 0.321 e. The van der Waals surface area contributed by atoms with E-state index in [1.54, 1.807) is 54.8 Å². The van der Waals surface area contributed by atoms with Crippen LogP contribution in [-0.2, 0) is 6.54 Å². The van der Waals surface area contributed by atoms with Crippen molar-refractivity contribution in [2.24, 2.45) is 0 Å². The van der Waals surface area contributed by atoms with Crippen molar-refractivity contribution in [2.45, 2.75) is 6.54 Å². The van der Waals surface area contributed by atoms with E-state index in [0.717, 1.165) is 25.4 Å². The molecule has 0 radical (unpaired) electrons. The molecule has 0 spiro atoms. The molecule has 1 aliphatic rings. The van der Waals surface area contributed by atoms with Crippen LogP contribution >= 0.6 is 0 Å². The highest BCUT2D eigenvalue weighted by atomic mass is 16.5. The second-order valence-corrected chi connectivity index (χ2v) is 7.04. The fraction of sp³-hybridized carbons (Fsp3) is 0.217. The number of nitrogens with zero attached hydrogens (tertiary/aromatic N) is 3. The molecule has 4 rings (SSSR count). The highest BCUT2D eigenvalue weighted by Gasteiger charge is 2.21. The summed E-state index contributed by atoms with van der Waals surface area (Å²) in [5, 5.41) is 11.9. The lowest BCUT2D eigenvalue weighted by atomic mass is 10.2. The molecule has 1 aliphatic heterocycles. The molecule has 7 heteroatoms.